The number of rotatable bonds is 8. The molecule has 1 amide bonds. The lowest BCUT2D eigenvalue weighted by Crippen LogP contribution is -2.41. The molecule has 0 unspecified atom stereocenters. The number of benzene rings is 1. The molecule has 2 heterocycles. The maximum Gasteiger partial charge on any atom is 0.333 e. The van der Waals surface area contributed by atoms with Gasteiger partial charge >= 0.3 is 5.69 Å². The molecule has 1 aromatic carbocycles. The summed E-state index contributed by atoms with van der Waals surface area (Å²) in [5.74, 6) is -0.372. The minimum Gasteiger partial charge on any atom is -0.349 e. The van der Waals surface area contributed by atoms with Gasteiger partial charge in [0.15, 0.2) is 10.8 Å². The lowest BCUT2D eigenvalue weighted by atomic mass is 10.2. The number of anilines is 2. The van der Waals surface area contributed by atoms with Crippen molar-refractivity contribution in [3.8, 4) is 0 Å². The number of aromatic nitrogens is 3. The van der Waals surface area contributed by atoms with Gasteiger partial charge in [-0.2, -0.15) is 0 Å². The zero-order chi connectivity index (χ0) is 21.8. The van der Waals surface area contributed by atoms with E-state index in [0.717, 1.165) is 23.2 Å². The molecule has 9 heteroatoms. The van der Waals surface area contributed by atoms with Crippen LogP contribution in [-0.4, -0.2) is 33.1 Å². The number of nitrogens with one attached hydrogen (secondary N) is 1. The lowest BCUT2D eigenvalue weighted by molar-refractivity contribution is -0.116. The van der Waals surface area contributed by atoms with Gasteiger partial charge in [-0.15, -0.1) is 6.58 Å². The molecule has 0 radical (unpaired) electrons. The normalized spacial score (nSPS) is 10.9. The van der Waals surface area contributed by atoms with E-state index < -0.39 is 11.2 Å². The summed E-state index contributed by atoms with van der Waals surface area (Å²) in [6.07, 6.45) is 1.48. The van der Waals surface area contributed by atoms with Gasteiger partial charge in [0, 0.05) is 25.3 Å². The van der Waals surface area contributed by atoms with Gasteiger partial charge in [0.05, 0.1) is 0 Å². The first-order valence-corrected chi connectivity index (χ1v) is 10.6. The fraction of sp³-hybridized carbons (Fsp3) is 0.333. The Bertz CT molecular complexity index is 1190. The van der Waals surface area contributed by atoms with E-state index in [1.54, 1.807) is 12.1 Å². The van der Waals surface area contributed by atoms with E-state index in [-0.39, 0.29) is 24.6 Å². The average molecular weight is 428 g/mol. The van der Waals surface area contributed by atoms with Crippen molar-refractivity contribution in [2.75, 3.05) is 23.3 Å². The van der Waals surface area contributed by atoms with Crippen molar-refractivity contribution in [3.63, 3.8) is 0 Å². The van der Waals surface area contributed by atoms with E-state index in [2.05, 4.69) is 16.9 Å². The standard InChI is InChI=1S/C21H25N5O3S/c1-5-12-25-19(28)17-18(23-20(30-17)24(6-2)7-3)26(21(25)29)13-16(27)22-15-10-8-14(4)9-11-15/h5,8-11H,1,6-7,12-13H2,2-4H3,(H,22,27). The summed E-state index contributed by atoms with van der Waals surface area (Å²) < 4.78 is 2.69. The number of fused-ring (bicyclic) bond motifs is 1. The van der Waals surface area contributed by atoms with Crippen LogP contribution in [0.2, 0.25) is 0 Å². The zero-order valence-electron chi connectivity index (χ0n) is 17.3. The highest BCUT2D eigenvalue weighted by molar-refractivity contribution is 7.22. The van der Waals surface area contributed by atoms with Crippen LogP contribution in [0, 0.1) is 6.92 Å². The molecule has 8 nitrogen and oxygen atoms in total. The molecule has 158 valence electrons. The van der Waals surface area contributed by atoms with E-state index in [4.69, 9.17) is 0 Å². The molecule has 0 saturated carbocycles. The maximum atomic E-state index is 13.0. The van der Waals surface area contributed by atoms with Gasteiger partial charge in [-0.05, 0) is 32.9 Å². The number of carbonyl (C=O) groups is 1. The van der Waals surface area contributed by atoms with E-state index in [0.29, 0.717) is 15.5 Å². The van der Waals surface area contributed by atoms with Crippen molar-refractivity contribution in [3.05, 3.63) is 63.3 Å². The van der Waals surface area contributed by atoms with Gasteiger partial charge < -0.3 is 10.2 Å². The third kappa shape index (κ3) is 4.20. The summed E-state index contributed by atoms with van der Waals surface area (Å²) in [5.41, 5.74) is 0.949. The molecule has 3 aromatic rings. The second-order valence-electron chi connectivity index (χ2n) is 6.81. The summed E-state index contributed by atoms with van der Waals surface area (Å²) in [7, 11) is 0. The van der Waals surface area contributed by atoms with E-state index >= 15 is 0 Å². The minimum atomic E-state index is -0.581. The van der Waals surface area contributed by atoms with Crippen LogP contribution in [0.5, 0.6) is 0 Å². The second kappa shape index (κ2) is 9.08. The van der Waals surface area contributed by atoms with Gasteiger partial charge in [-0.1, -0.05) is 35.1 Å². The van der Waals surface area contributed by atoms with E-state index in [9.17, 15) is 14.4 Å². The number of nitrogens with zero attached hydrogens (tertiary/aromatic N) is 4. The van der Waals surface area contributed by atoms with Gasteiger partial charge in [-0.25, -0.2) is 9.78 Å². The Morgan fingerprint density at radius 1 is 1.20 bits per heavy atom. The van der Waals surface area contributed by atoms with Crippen molar-refractivity contribution in [1.29, 1.82) is 0 Å². The molecular weight excluding hydrogens is 402 g/mol. The van der Waals surface area contributed by atoms with Crippen LogP contribution in [0.15, 0.2) is 46.5 Å². The topological polar surface area (TPSA) is 89.2 Å². The van der Waals surface area contributed by atoms with Crippen LogP contribution in [0.3, 0.4) is 0 Å². The first-order valence-electron chi connectivity index (χ1n) is 9.76. The smallest absolute Gasteiger partial charge is 0.333 e. The summed E-state index contributed by atoms with van der Waals surface area (Å²) in [6, 6.07) is 7.37. The highest BCUT2D eigenvalue weighted by Crippen LogP contribution is 2.25. The molecule has 1 N–H and O–H groups in total. The first kappa shape index (κ1) is 21.5. The Hall–Kier alpha value is -3.20. The molecule has 0 aliphatic rings. The van der Waals surface area contributed by atoms with Crippen LogP contribution >= 0.6 is 11.3 Å². The summed E-state index contributed by atoms with van der Waals surface area (Å²) in [5, 5.41) is 3.44. The maximum absolute atomic E-state index is 13.0. The number of hydrogen-bond acceptors (Lipinski definition) is 6. The van der Waals surface area contributed by atoms with Gasteiger partial charge in [0.2, 0.25) is 5.91 Å². The molecule has 30 heavy (non-hydrogen) atoms. The van der Waals surface area contributed by atoms with Crippen molar-refractivity contribution in [2.45, 2.75) is 33.9 Å². The zero-order valence-corrected chi connectivity index (χ0v) is 18.2. The van der Waals surface area contributed by atoms with Crippen LogP contribution in [-0.2, 0) is 17.9 Å². The molecule has 0 spiro atoms. The number of hydrogen-bond donors (Lipinski definition) is 1. The third-order valence-electron chi connectivity index (χ3n) is 4.74. The molecule has 0 aliphatic heterocycles. The molecule has 0 aliphatic carbocycles. The van der Waals surface area contributed by atoms with Crippen molar-refractivity contribution >= 4 is 38.4 Å². The third-order valence-corrected chi connectivity index (χ3v) is 5.83. The Morgan fingerprint density at radius 3 is 2.47 bits per heavy atom. The molecule has 0 bridgehead atoms. The average Bonchev–Trinajstić information content (AvgIpc) is 3.16. The number of aryl methyl sites for hydroxylation is 1. The Labute approximate surface area is 178 Å². The predicted molar refractivity (Wildman–Crippen MR) is 122 cm³/mol. The SMILES string of the molecule is C=CCn1c(=O)c2sc(N(CC)CC)nc2n(CC(=O)Nc2ccc(C)cc2)c1=O. The van der Waals surface area contributed by atoms with Crippen molar-refractivity contribution in [1.82, 2.24) is 14.1 Å². The lowest BCUT2D eigenvalue weighted by Gasteiger charge is -2.16. The minimum absolute atomic E-state index is 0.0612. The first-order chi connectivity index (χ1) is 14.4. The van der Waals surface area contributed by atoms with Gasteiger partial charge in [0.1, 0.15) is 11.2 Å². The number of allylic oxidation sites excluding steroid dienone is 1. The number of carbonyl (C=O) groups excluding carboxylic acids is 1. The number of amides is 1. The van der Waals surface area contributed by atoms with Crippen LogP contribution in [0.25, 0.3) is 10.3 Å². The highest BCUT2D eigenvalue weighted by atomic mass is 32.1. The van der Waals surface area contributed by atoms with E-state index in [1.807, 2.05) is 37.8 Å². The molecule has 3 rings (SSSR count). The summed E-state index contributed by atoms with van der Waals surface area (Å²) >= 11 is 1.23. The van der Waals surface area contributed by atoms with Gasteiger partial charge in [0.25, 0.3) is 5.56 Å². The Kier molecular flexibility index (Phi) is 6.51. The van der Waals surface area contributed by atoms with E-state index in [1.165, 1.54) is 22.0 Å². The molecule has 0 atom stereocenters. The Morgan fingerprint density at radius 2 is 1.87 bits per heavy atom. The van der Waals surface area contributed by atoms with Crippen LogP contribution in [0.1, 0.15) is 19.4 Å². The monoisotopic (exact) mass is 427 g/mol. The summed E-state index contributed by atoms with van der Waals surface area (Å²) in [4.78, 5) is 45.1. The molecule has 0 saturated heterocycles. The highest BCUT2D eigenvalue weighted by Gasteiger charge is 2.20. The van der Waals surface area contributed by atoms with Crippen molar-refractivity contribution < 1.29 is 4.79 Å². The predicted octanol–water partition coefficient (Wildman–Crippen LogP) is 2.60. The van der Waals surface area contributed by atoms with Crippen molar-refractivity contribution in [2.24, 2.45) is 0 Å². The molecular formula is C21H25N5O3S. The van der Waals surface area contributed by atoms with Crippen LogP contribution < -0.4 is 21.5 Å². The number of thiazole rings is 1. The fourth-order valence-electron chi connectivity index (χ4n) is 3.11. The Balaban J connectivity index is 2.07. The second-order valence-corrected chi connectivity index (χ2v) is 7.79. The summed E-state index contributed by atoms with van der Waals surface area (Å²) in [6.45, 7) is 10.8. The largest absolute Gasteiger partial charge is 0.349 e. The quantitative estimate of drug-likeness (QED) is 0.558. The van der Waals surface area contributed by atoms with Gasteiger partial charge in [-0.3, -0.25) is 18.7 Å². The molecule has 0 fully saturated rings. The molecule has 2 aromatic heterocycles. The van der Waals surface area contributed by atoms with Crippen LogP contribution in [0.4, 0.5) is 10.8 Å². The fourth-order valence-corrected chi connectivity index (χ4v) is 4.26.